The predicted octanol–water partition coefficient (Wildman–Crippen LogP) is 2.83. The van der Waals surface area contributed by atoms with Gasteiger partial charge >= 0.3 is 0 Å². The van der Waals surface area contributed by atoms with Crippen LogP contribution in [0.5, 0.6) is 0 Å². The molecule has 0 amide bonds. The van der Waals surface area contributed by atoms with Gasteiger partial charge < -0.3 is 16.0 Å². The number of nitrogens with one attached hydrogen (secondary N) is 1. The van der Waals surface area contributed by atoms with E-state index < -0.39 is 0 Å². The summed E-state index contributed by atoms with van der Waals surface area (Å²) in [6.45, 7) is 13.2. The quantitative estimate of drug-likeness (QED) is 0.756. The molecule has 2 aliphatic heterocycles. The van der Waals surface area contributed by atoms with Crippen molar-refractivity contribution in [3.05, 3.63) is 60.5 Å². The maximum absolute atomic E-state index is 5.86. The van der Waals surface area contributed by atoms with Crippen molar-refractivity contribution in [2.24, 2.45) is 0 Å². The van der Waals surface area contributed by atoms with Gasteiger partial charge in [0.25, 0.3) is 0 Å². The molecule has 3 rings (SSSR count). The summed E-state index contributed by atoms with van der Waals surface area (Å²) in [5.41, 5.74) is 12.2. The Labute approximate surface area is 114 Å². The van der Waals surface area contributed by atoms with Crippen molar-refractivity contribution < 1.29 is 0 Å². The first-order valence-electron chi connectivity index (χ1n) is 6.54. The third kappa shape index (κ3) is 1.91. The van der Waals surface area contributed by atoms with Gasteiger partial charge in [0.15, 0.2) is 0 Å². The maximum atomic E-state index is 5.86. The molecule has 1 aromatic rings. The molecular formula is C16H19N3. The Morgan fingerprint density at radius 2 is 2.05 bits per heavy atom. The number of nitrogens with two attached hydrogens (primary N) is 1. The van der Waals surface area contributed by atoms with Crippen molar-refractivity contribution in [1.82, 2.24) is 10.2 Å². The third-order valence-corrected chi connectivity index (χ3v) is 3.96. The van der Waals surface area contributed by atoms with Crippen LogP contribution in [-0.2, 0) is 6.54 Å². The highest BCUT2D eigenvalue weighted by Crippen LogP contribution is 2.37. The minimum Gasteiger partial charge on any atom is -0.399 e. The molecule has 0 aromatic heterocycles. The van der Waals surface area contributed by atoms with Gasteiger partial charge in [-0.1, -0.05) is 25.8 Å². The second-order valence-corrected chi connectivity index (χ2v) is 5.30. The van der Waals surface area contributed by atoms with Crippen LogP contribution in [-0.4, -0.2) is 10.9 Å². The predicted molar refractivity (Wildman–Crippen MR) is 79.9 cm³/mol. The molecule has 3 N–H and O–H groups in total. The van der Waals surface area contributed by atoms with Crippen LogP contribution >= 0.6 is 0 Å². The van der Waals surface area contributed by atoms with Gasteiger partial charge in [0.2, 0.25) is 0 Å². The van der Waals surface area contributed by atoms with E-state index in [1.165, 1.54) is 11.1 Å². The van der Waals surface area contributed by atoms with Crippen LogP contribution in [0.1, 0.15) is 24.0 Å². The summed E-state index contributed by atoms with van der Waals surface area (Å²) in [4.78, 5) is 2.31. The fourth-order valence-corrected chi connectivity index (χ4v) is 2.96. The molecule has 3 nitrogen and oxygen atoms in total. The first-order chi connectivity index (χ1) is 9.06. The normalized spacial score (nSPS) is 22.4. The van der Waals surface area contributed by atoms with Crippen LogP contribution < -0.4 is 11.1 Å². The number of anilines is 1. The molecule has 0 radical (unpaired) electrons. The second kappa shape index (κ2) is 4.19. The number of hydrogen-bond donors (Lipinski definition) is 2. The number of piperidine rings is 1. The average Bonchev–Trinajstić information content (AvgIpc) is 2.66. The lowest BCUT2D eigenvalue weighted by Crippen LogP contribution is -2.39. The lowest BCUT2D eigenvalue weighted by atomic mass is 10.0. The van der Waals surface area contributed by atoms with E-state index in [1.807, 2.05) is 12.1 Å². The Morgan fingerprint density at radius 1 is 1.26 bits per heavy atom. The molecule has 98 valence electrons. The van der Waals surface area contributed by atoms with Gasteiger partial charge in [0.1, 0.15) is 0 Å². The zero-order valence-electron chi connectivity index (χ0n) is 11.1. The minimum absolute atomic E-state index is 0.284. The van der Waals surface area contributed by atoms with E-state index in [2.05, 4.69) is 36.0 Å². The number of benzene rings is 1. The molecule has 2 heterocycles. The van der Waals surface area contributed by atoms with Crippen molar-refractivity contribution in [3.8, 4) is 0 Å². The molecule has 1 atom stereocenters. The van der Waals surface area contributed by atoms with Gasteiger partial charge in [-0.3, -0.25) is 0 Å². The summed E-state index contributed by atoms with van der Waals surface area (Å²) in [6, 6.07) is 6.32. The molecule has 0 saturated carbocycles. The van der Waals surface area contributed by atoms with E-state index in [1.54, 1.807) is 0 Å². The van der Waals surface area contributed by atoms with Gasteiger partial charge in [-0.2, -0.15) is 0 Å². The van der Waals surface area contributed by atoms with E-state index >= 15 is 0 Å². The summed E-state index contributed by atoms with van der Waals surface area (Å²) in [6.07, 6.45) is 2.01. The number of allylic oxidation sites excluding steroid dienone is 1. The third-order valence-electron chi connectivity index (χ3n) is 3.96. The molecule has 2 aliphatic rings. The Balaban J connectivity index is 1.87. The van der Waals surface area contributed by atoms with Gasteiger partial charge in [0, 0.05) is 34.9 Å². The van der Waals surface area contributed by atoms with Gasteiger partial charge in [-0.05, 0) is 30.5 Å². The number of nitrogen functional groups attached to an aromatic ring is 1. The topological polar surface area (TPSA) is 41.3 Å². The van der Waals surface area contributed by atoms with E-state index in [0.717, 1.165) is 42.2 Å². The largest absolute Gasteiger partial charge is 0.399 e. The number of hydrogen-bond acceptors (Lipinski definition) is 3. The molecule has 1 fully saturated rings. The highest BCUT2D eigenvalue weighted by molar-refractivity contribution is 5.71. The maximum Gasteiger partial charge on any atom is 0.0693 e. The van der Waals surface area contributed by atoms with Gasteiger partial charge in [-0.15, -0.1) is 0 Å². The first-order valence-corrected chi connectivity index (χ1v) is 6.54. The second-order valence-electron chi connectivity index (χ2n) is 5.30. The van der Waals surface area contributed by atoms with Crippen LogP contribution in [0.2, 0.25) is 0 Å². The van der Waals surface area contributed by atoms with E-state index in [4.69, 9.17) is 5.73 Å². The van der Waals surface area contributed by atoms with E-state index in [0.29, 0.717) is 0 Å². The monoisotopic (exact) mass is 253 g/mol. The lowest BCUT2D eigenvalue weighted by Gasteiger charge is -2.36. The number of fused-ring (bicyclic) bond motifs is 1. The molecule has 1 unspecified atom stereocenters. The zero-order chi connectivity index (χ0) is 13.6. The molecule has 1 saturated heterocycles. The van der Waals surface area contributed by atoms with Crippen molar-refractivity contribution in [1.29, 1.82) is 0 Å². The lowest BCUT2D eigenvalue weighted by molar-refractivity contribution is 0.297. The van der Waals surface area contributed by atoms with Crippen molar-refractivity contribution >= 4 is 11.4 Å². The highest BCUT2D eigenvalue weighted by atomic mass is 15.2. The summed E-state index contributed by atoms with van der Waals surface area (Å²) in [5, 5.41) is 3.27. The molecule has 3 heteroatoms. The van der Waals surface area contributed by atoms with Crippen molar-refractivity contribution in [2.45, 2.75) is 25.4 Å². The van der Waals surface area contributed by atoms with Crippen LogP contribution in [0.4, 0.5) is 5.69 Å². The summed E-state index contributed by atoms with van der Waals surface area (Å²) in [5.74, 6) is 0. The summed E-state index contributed by atoms with van der Waals surface area (Å²) < 4.78 is 0. The summed E-state index contributed by atoms with van der Waals surface area (Å²) >= 11 is 0. The first kappa shape index (κ1) is 11.9. The van der Waals surface area contributed by atoms with Crippen LogP contribution in [0, 0.1) is 0 Å². The standard InChI is InChI=1S/C16H19N3/c1-10-4-7-16(11(2)18-10)19-9-13-8-14(17)5-6-15(13)12(19)3/h5-6,8,16,18H,1-4,7,9,17H2. The zero-order valence-corrected chi connectivity index (χ0v) is 11.1. The SMILES string of the molecule is C=C1CCC(N2Cc3cc(N)ccc3C2=C)C(=C)N1. The molecular weight excluding hydrogens is 234 g/mol. The average molecular weight is 253 g/mol. The number of rotatable bonds is 1. The van der Waals surface area contributed by atoms with E-state index in [9.17, 15) is 0 Å². The van der Waals surface area contributed by atoms with E-state index in [-0.39, 0.29) is 6.04 Å². The smallest absolute Gasteiger partial charge is 0.0693 e. The van der Waals surface area contributed by atoms with Gasteiger partial charge in [0.05, 0.1) is 6.04 Å². The summed E-state index contributed by atoms with van der Waals surface area (Å²) in [7, 11) is 0. The fraction of sp³-hybridized carbons (Fsp3) is 0.250. The molecule has 19 heavy (non-hydrogen) atoms. The minimum atomic E-state index is 0.284. The van der Waals surface area contributed by atoms with Crippen molar-refractivity contribution in [2.75, 3.05) is 5.73 Å². The Morgan fingerprint density at radius 3 is 2.79 bits per heavy atom. The highest BCUT2D eigenvalue weighted by Gasteiger charge is 2.31. The Hall–Kier alpha value is -2.16. The number of nitrogens with zero attached hydrogens (tertiary/aromatic N) is 1. The molecule has 0 aliphatic carbocycles. The van der Waals surface area contributed by atoms with Crippen LogP contribution in [0.15, 0.2) is 49.3 Å². The molecule has 0 bridgehead atoms. The van der Waals surface area contributed by atoms with Crippen LogP contribution in [0.25, 0.3) is 5.70 Å². The Kier molecular flexibility index (Phi) is 2.63. The van der Waals surface area contributed by atoms with Gasteiger partial charge in [-0.25, -0.2) is 0 Å². The fourth-order valence-electron chi connectivity index (χ4n) is 2.96. The van der Waals surface area contributed by atoms with Crippen molar-refractivity contribution in [3.63, 3.8) is 0 Å². The molecule has 0 spiro atoms. The van der Waals surface area contributed by atoms with Crippen LogP contribution in [0.3, 0.4) is 0 Å². The molecule has 1 aromatic carbocycles. The Bertz CT molecular complexity index is 586.